The minimum atomic E-state index is -0.375. The second-order valence-electron chi connectivity index (χ2n) is 8.96. The third-order valence-corrected chi connectivity index (χ3v) is 7.15. The summed E-state index contributed by atoms with van der Waals surface area (Å²) in [6.45, 7) is 2.85. The smallest absolute Gasteiger partial charge is 0.120 e. The highest BCUT2D eigenvalue weighted by Crippen LogP contribution is 2.38. The van der Waals surface area contributed by atoms with E-state index in [1.807, 2.05) is 30.3 Å². The maximum Gasteiger partial charge on any atom is 0.120 e. The number of phenolic OH excluding ortho intramolecular Hbond substituents is 1. The van der Waals surface area contributed by atoms with Crippen LogP contribution in [0.4, 0.5) is 0 Å². The summed E-state index contributed by atoms with van der Waals surface area (Å²) in [6, 6.07) is 23.6. The van der Waals surface area contributed by atoms with E-state index < -0.39 is 0 Å². The van der Waals surface area contributed by atoms with Crippen molar-refractivity contribution in [2.75, 3.05) is 13.1 Å². The van der Waals surface area contributed by atoms with Gasteiger partial charge in [0.25, 0.3) is 0 Å². The molecule has 1 saturated heterocycles. The van der Waals surface area contributed by atoms with Crippen LogP contribution in [0.2, 0.25) is 10.0 Å². The van der Waals surface area contributed by atoms with E-state index in [1.165, 1.54) is 5.56 Å². The van der Waals surface area contributed by atoms with Gasteiger partial charge >= 0.3 is 0 Å². The number of halogens is 2. The molecule has 2 aliphatic rings. The molecule has 2 heterocycles. The van der Waals surface area contributed by atoms with Crippen molar-refractivity contribution in [3.63, 3.8) is 0 Å². The lowest BCUT2D eigenvalue weighted by molar-refractivity contribution is 0.120. The van der Waals surface area contributed by atoms with E-state index in [9.17, 15) is 5.11 Å². The molecule has 3 aromatic carbocycles. The normalized spacial score (nSPS) is 20.5. The predicted octanol–water partition coefficient (Wildman–Crippen LogP) is 6.22. The minimum absolute atomic E-state index is 0.0763. The Bertz CT molecular complexity index is 1140. The Morgan fingerprint density at radius 1 is 0.939 bits per heavy atom. The maximum absolute atomic E-state index is 10.6. The molecule has 0 radical (unpaired) electrons. The first-order chi connectivity index (χ1) is 16.0. The number of hydrogen-bond donors (Lipinski definition) is 2. The standard InChI is InChI=1S/C27H27Cl2N3O/c28-21-8-6-20(7-9-21)24-17-25(23-16-22(29)10-11-26(23)33)31-27(30-24)12-14-32(15-13-27)18-19-4-2-1-3-5-19/h1-11,16,25,31,33H,12-15,17-18H2/t25-/m1/s1. The predicted molar refractivity (Wildman–Crippen MR) is 135 cm³/mol. The average Bonchev–Trinajstić information content (AvgIpc) is 2.83. The van der Waals surface area contributed by atoms with Crippen LogP contribution in [0.15, 0.2) is 77.8 Å². The third kappa shape index (κ3) is 5.10. The highest BCUT2D eigenvalue weighted by atomic mass is 35.5. The van der Waals surface area contributed by atoms with E-state index in [-0.39, 0.29) is 17.5 Å². The number of aromatic hydroxyl groups is 1. The first kappa shape index (κ1) is 22.4. The van der Waals surface area contributed by atoms with Crippen molar-refractivity contribution in [2.45, 2.75) is 37.5 Å². The van der Waals surface area contributed by atoms with Gasteiger partial charge in [-0.2, -0.15) is 0 Å². The molecule has 1 fully saturated rings. The van der Waals surface area contributed by atoms with Crippen LogP contribution in [0.5, 0.6) is 5.75 Å². The van der Waals surface area contributed by atoms with Crippen LogP contribution in [0.25, 0.3) is 0 Å². The summed E-state index contributed by atoms with van der Waals surface area (Å²) in [5.41, 5.74) is 3.87. The topological polar surface area (TPSA) is 47.9 Å². The zero-order valence-electron chi connectivity index (χ0n) is 18.3. The molecule has 0 aromatic heterocycles. The molecule has 0 saturated carbocycles. The van der Waals surface area contributed by atoms with Gasteiger partial charge in [0.2, 0.25) is 0 Å². The number of nitrogens with zero attached hydrogens (tertiary/aromatic N) is 2. The van der Waals surface area contributed by atoms with Crippen molar-refractivity contribution in [1.29, 1.82) is 0 Å². The molecule has 0 aliphatic carbocycles. The molecule has 1 spiro atoms. The van der Waals surface area contributed by atoms with E-state index in [1.54, 1.807) is 12.1 Å². The number of rotatable bonds is 4. The van der Waals surface area contributed by atoms with Gasteiger partial charge in [0.1, 0.15) is 11.4 Å². The molecule has 5 rings (SSSR count). The fourth-order valence-electron chi connectivity index (χ4n) is 4.90. The van der Waals surface area contributed by atoms with Crippen LogP contribution in [0.3, 0.4) is 0 Å². The average molecular weight is 480 g/mol. The Kier molecular flexibility index (Phi) is 6.44. The van der Waals surface area contributed by atoms with Crippen LogP contribution in [0, 0.1) is 0 Å². The van der Waals surface area contributed by atoms with Gasteiger partial charge in [0.05, 0.1) is 0 Å². The highest BCUT2D eigenvalue weighted by Gasteiger charge is 2.40. The zero-order chi connectivity index (χ0) is 22.8. The summed E-state index contributed by atoms with van der Waals surface area (Å²) in [5.74, 6) is 0.255. The van der Waals surface area contributed by atoms with Crippen molar-refractivity contribution in [3.05, 3.63) is 99.5 Å². The first-order valence-corrected chi connectivity index (χ1v) is 12.1. The number of hydrogen-bond acceptors (Lipinski definition) is 4. The molecular formula is C27H27Cl2N3O. The van der Waals surface area contributed by atoms with Crippen LogP contribution >= 0.6 is 23.2 Å². The van der Waals surface area contributed by atoms with Crippen LogP contribution in [-0.2, 0) is 6.54 Å². The van der Waals surface area contributed by atoms with Gasteiger partial charge < -0.3 is 5.11 Å². The highest BCUT2D eigenvalue weighted by molar-refractivity contribution is 6.31. The molecule has 2 N–H and O–H groups in total. The van der Waals surface area contributed by atoms with Gasteiger partial charge in [0, 0.05) is 53.4 Å². The number of likely N-dealkylation sites (tertiary alicyclic amines) is 1. The van der Waals surface area contributed by atoms with Crippen molar-refractivity contribution >= 4 is 28.9 Å². The summed E-state index contributed by atoms with van der Waals surface area (Å²) in [4.78, 5) is 7.75. The Labute approximate surface area is 204 Å². The first-order valence-electron chi connectivity index (χ1n) is 11.4. The lowest BCUT2D eigenvalue weighted by Gasteiger charge is -2.45. The van der Waals surface area contributed by atoms with Gasteiger partial charge in [-0.1, -0.05) is 65.7 Å². The number of phenols is 1. The van der Waals surface area contributed by atoms with Gasteiger partial charge in [-0.05, 0) is 54.3 Å². The molecular weight excluding hydrogens is 453 g/mol. The van der Waals surface area contributed by atoms with E-state index in [2.05, 4.69) is 40.5 Å². The minimum Gasteiger partial charge on any atom is -0.508 e. The molecule has 6 heteroatoms. The van der Waals surface area contributed by atoms with Crippen LogP contribution < -0.4 is 5.32 Å². The van der Waals surface area contributed by atoms with Crippen molar-refractivity contribution in [2.24, 2.45) is 4.99 Å². The number of aliphatic imine (C=N–C) groups is 1. The Morgan fingerprint density at radius 3 is 2.36 bits per heavy atom. The van der Waals surface area contributed by atoms with Crippen molar-refractivity contribution in [3.8, 4) is 5.75 Å². The summed E-state index contributed by atoms with van der Waals surface area (Å²) in [7, 11) is 0. The number of piperidine rings is 1. The molecule has 170 valence electrons. The summed E-state index contributed by atoms with van der Waals surface area (Å²) in [5, 5.41) is 15.7. The van der Waals surface area contributed by atoms with E-state index in [0.717, 1.165) is 49.3 Å². The Hall–Kier alpha value is -2.37. The molecule has 1 atom stereocenters. The van der Waals surface area contributed by atoms with Crippen molar-refractivity contribution in [1.82, 2.24) is 10.2 Å². The largest absolute Gasteiger partial charge is 0.508 e. The summed E-state index contributed by atoms with van der Waals surface area (Å²) < 4.78 is 0. The SMILES string of the molecule is Oc1ccc(Cl)cc1[C@H]1CC(c2ccc(Cl)cc2)=NC2(CCN(Cc3ccccc3)CC2)N1. The fraction of sp³-hybridized carbons (Fsp3) is 0.296. The number of nitrogens with one attached hydrogen (secondary N) is 1. The van der Waals surface area contributed by atoms with Crippen molar-refractivity contribution < 1.29 is 5.11 Å². The van der Waals surface area contributed by atoms with E-state index in [0.29, 0.717) is 16.5 Å². The molecule has 0 amide bonds. The molecule has 2 aliphatic heterocycles. The quantitative estimate of drug-likeness (QED) is 0.467. The third-order valence-electron chi connectivity index (χ3n) is 6.66. The molecule has 33 heavy (non-hydrogen) atoms. The van der Waals surface area contributed by atoms with Gasteiger partial charge in [0.15, 0.2) is 0 Å². The molecule has 0 unspecified atom stereocenters. The lowest BCUT2D eigenvalue weighted by atomic mass is 9.87. The Morgan fingerprint density at radius 2 is 1.64 bits per heavy atom. The van der Waals surface area contributed by atoms with E-state index in [4.69, 9.17) is 28.2 Å². The van der Waals surface area contributed by atoms with Crippen LogP contribution in [-0.4, -0.2) is 34.5 Å². The second kappa shape index (κ2) is 9.47. The van der Waals surface area contributed by atoms with Gasteiger partial charge in [-0.15, -0.1) is 0 Å². The monoisotopic (exact) mass is 479 g/mol. The molecule has 3 aromatic rings. The Balaban J connectivity index is 1.43. The molecule has 0 bridgehead atoms. The second-order valence-corrected chi connectivity index (χ2v) is 9.84. The fourth-order valence-corrected chi connectivity index (χ4v) is 5.21. The van der Waals surface area contributed by atoms with Crippen LogP contribution in [0.1, 0.15) is 42.0 Å². The lowest BCUT2D eigenvalue weighted by Crippen LogP contribution is -2.55. The zero-order valence-corrected chi connectivity index (χ0v) is 19.9. The molecule has 4 nitrogen and oxygen atoms in total. The number of benzene rings is 3. The van der Waals surface area contributed by atoms with Gasteiger partial charge in [-0.3, -0.25) is 15.2 Å². The van der Waals surface area contributed by atoms with E-state index >= 15 is 0 Å². The van der Waals surface area contributed by atoms with Gasteiger partial charge in [-0.25, -0.2) is 0 Å². The summed E-state index contributed by atoms with van der Waals surface area (Å²) >= 11 is 12.4. The maximum atomic E-state index is 10.6. The summed E-state index contributed by atoms with van der Waals surface area (Å²) in [6.07, 6.45) is 2.47.